The number of hydrogen-bond acceptors (Lipinski definition) is 12. The third kappa shape index (κ3) is 12.8. The number of ether oxygens (including phenoxy) is 1. The summed E-state index contributed by atoms with van der Waals surface area (Å²) in [5.41, 5.74) is 11.1. The number of carbonyl (C=O) groups excluding carboxylic acids is 1. The van der Waals surface area contributed by atoms with Crippen LogP contribution in [0.5, 0.6) is 0 Å². The molecule has 8 aromatic rings. The number of sulfonamides is 2. The number of imidazole rings is 2. The van der Waals surface area contributed by atoms with Crippen molar-refractivity contribution in [1.82, 2.24) is 29.7 Å². The number of esters is 1. The highest BCUT2D eigenvalue weighted by Gasteiger charge is 2.26. The van der Waals surface area contributed by atoms with Crippen LogP contribution in [0.15, 0.2) is 168 Å². The van der Waals surface area contributed by atoms with Gasteiger partial charge in [0.15, 0.2) is 0 Å². The minimum absolute atomic E-state index is 0.119. The lowest BCUT2D eigenvalue weighted by Gasteiger charge is -2.30. The largest absolute Gasteiger partial charge is 0.453 e. The molecule has 2 unspecified atom stereocenters. The predicted molar refractivity (Wildman–Crippen MR) is 278 cm³/mol. The Balaban J connectivity index is 0.919. The number of nitrogens with zero attached hydrogens (tertiary/aromatic N) is 4. The minimum atomic E-state index is -3.89. The van der Waals surface area contributed by atoms with E-state index in [0.717, 1.165) is 16.6 Å². The second-order valence-corrected chi connectivity index (χ2v) is 22.2. The number of fused-ring (bicyclic) bond motifs is 2. The molecule has 2 atom stereocenters. The van der Waals surface area contributed by atoms with Crippen LogP contribution in [-0.4, -0.2) is 71.2 Å². The summed E-state index contributed by atoms with van der Waals surface area (Å²) in [7, 11) is -7.69. The van der Waals surface area contributed by atoms with Gasteiger partial charge in [0, 0.05) is 54.3 Å². The van der Waals surface area contributed by atoms with Gasteiger partial charge in [0.05, 0.1) is 56.2 Å². The van der Waals surface area contributed by atoms with Crippen molar-refractivity contribution in [3.8, 4) is 0 Å². The van der Waals surface area contributed by atoms with Gasteiger partial charge in [-0.1, -0.05) is 60.7 Å². The Labute approximate surface area is 414 Å². The highest BCUT2D eigenvalue weighted by atomic mass is 32.2. The van der Waals surface area contributed by atoms with E-state index in [1.807, 2.05) is 42.7 Å². The predicted octanol–water partition coefficient (Wildman–Crippen LogP) is 8.42. The number of anilines is 3. The first kappa shape index (κ1) is 50.3. The monoisotopic (exact) mass is 997 g/mol. The molecule has 0 amide bonds. The molecule has 0 radical (unpaired) electrons. The zero-order chi connectivity index (χ0) is 50.4. The van der Waals surface area contributed by atoms with Crippen LogP contribution in [0.2, 0.25) is 0 Å². The first-order chi connectivity index (χ1) is 33.8. The number of β-amino-alcohol motifs (C(OH)–C–C–N with tert-alkyl or cyclic N) is 1. The van der Waals surface area contributed by atoms with Crippen LogP contribution in [0.1, 0.15) is 74.2 Å². The summed E-state index contributed by atoms with van der Waals surface area (Å²) in [5.74, 6) is -0.575. The molecular weight excluding hydrogens is 939 g/mol. The Morgan fingerprint density at radius 3 is 1.68 bits per heavy atom. The van der Waals surface area contributed by atoms with E-state index in [-0.39, 0.29) is 22.9 Å². The second kappa shape index (κ2) is 21.1. The third-order valence-corrected chi connectivity index (χ3v) is 15.2. The Bertz CT molecular complexity index is 3360. The van der Waals surface area contributed by atoms with Crippen molar-refractivity contribution in [2.24, 2.45) is 0 Å². The van der Waals surface area contributed by atoms with Crippen molar-refractivity contribution in [2.75, 3.05) is 28.3 Å². The summed E-state index contributed by atoms with van der Waals surface area (Å²) in [6, 6.07) is 40.7. The van der Waals surface area contributed by atoms with Crippen LogP contribution in [-0.2, 0) is 37.9 Å². The molecule has 8 rings (SSSR count). The fraction of sp³-hybridized carbons (Fsp3) is 0.264. The number of nitrogens with two attached hydrogens (primary N) is 1. The molecule has 0 spiro atoms. The van der Waals surface area contributed by atoms with Crippen molar-refractivity contribution in [2.45, 2.75) is 86.7 Å². The summed E-state index contributed by atoms with van der Waals surface area (Å²) in [4.78, 5) is 23.5. The van der Waals surface area contributed by atoms with E-state index in [4.69, 9.17) is 10.5 Å². The molecule has 0 aliphatic rings. The van der Waals surface area contributed by atoms with Crippen molar-refractivity contribution in [3.63, 3.8) is 0 Å². The molecule has 0 aliphatic heterocycles. The van der Waals surface area contributed by atoms with Crippen LogP contribution in [0.25, 0.3) is 22.1 Å². The van der Waals surface area contributed by atoms with E-state index in [9.17, 15) is 26.7 Å². The quantitative estimate of drug-likeness (QED) is 0.0278. The van der Waals surface area contributed by atoms with E-state index in [2.05, 4.69) is 48.5 Å². The Hall–Kier alpha value is -7.09. The van der Waals surface area contributed by atoms with Crippen molar-refractivity contribution >= 4 is 65.1 Å². The fourth-order valence-corrected chi connectivity index (χ4v) is 10.3. The summed E-state index contributed by atoms with van der Waals surface area (Å²) < 4.78 is 68.0. The van der Waals surface area contributed by atoms with Gasteiger partial charge in [-0.05, 0) is 137 Å². The number of aliphatic hydroxyl groups is 1. The Kier molecular flexibility index (Phi) is 14.9. The number of aliphatic hydroxyl groups excluding tert-OH is 1. The van der Waals surface area contributed by atoms with E-state index in [0.29, 0.717) is 65.2 Å². The van der Waals surface area contributed by atoms with E-state index in [1.54, 1.807) is 110 Å². The molecule has 71 heavy (non-hydrogen) atoms. The number of nitrogen functional groups attached to an aromatic ring is 1. The molecule has 0 saturated carbocycles. The van der Waals surface area contributed by atoms with Crippen molar-refractivity contribution in [3.05, 3.63) is 175 Å². The molecule has 6 aromatic carbocycles. The van der Waals surface area contributed by atoms with E-state index < -0.39 is 49.3 Å². The smallest absolute Gasteiger partial charge is 0.338 e. The van der Waals surface area contributed by atoms with Crippen LogP contribution in [0.4, 0.5) is 17.1 Å². The van der Waals surface area contributed by atoms with Gasteiger partial charge in [0.2, 0.25) is 0 Å². The molecule has 2 heterocycles. The number of aromatic nitrogens is 4. The lowest BCUT2D eigenvalue weighted by molar-refractivity contribution is 0.0279. The highest BCUT2D eigenvalue weighted by molar-refractivity contribution is 7.93. The molecule has 18 heteroatoms. The molecule has 0 fully saturated rings. The topological polar surface area (TPSA) is 225 Å². The number of hydrogen-bond donors (Lipinski definition) is 6. The molecule has 16 nitrogen and oxygen atoms in total. The van der Waals surface area contributed by atoms with E-state index >= 15 is 0 Å². The lowest BCUT2D eigenvalue weighted by Crippen LogP contribution is -2.43. The number of aryl methyl sites for hydroxylation is 2. The normalized spacial score (nSPS) is 13.3. The van der Waals surface area contributed by atoms with Crippen molar-refractivity contribution in [1.29, 1.82) is 0 Å². The highest BCUT2D eigenvalue weighted by Crippen LogP contribution is 2.28. The molecule has 0 aliphatic carbocycles. The zero-order valence-corrected chi connectivity index (χ0v) is 41.6. The van der Waals surface area contributed by atoms with Crippen molar-refractivity contribution < 1.29 is 31.5 Å². The van der Waals surface area contributed by atoms with Gasteiger partial charge in [-0.25, -0.2) is 31.6 Å². The van der Waals surface area contributed by atoms with E-state index in [1.165, 1.54) is 24.3 Å². The zero-order valence-electron chi connectivity index (χ0n) is 40.0. The van der Waals surface area contributed by atoms with Crippen LogP contribution >= 0.6 is 0 Å². The average molecular weight is 998 g/mol. The number of benzene rings is 6. The first-order valence-corrected chi connectivity index (χ1v) is 26.2. The standard InChI is InChI=1S/C53H59N9O7S2/c1-52(2,57-33-49(63)37-13-11-15-41(29-37)59-70(65,66)43-17-7-5-8-18-43)25-27-61-35-55-45-31-39(21-23-47(45)61)51(64)69-50(38-14-12-16-42(30-38)60-71(67,68)44-19-9-6-10-20-44)34-58-53(3,4)26-28-62-36-56-46-32-40(54)22-24-48(46)62/h5-24,29-32,35-36,49-50,57-60,63H,25-28,33-34,54H2,1-4H3. The van der Waals surface area contributed by atoms with Gasteiger partial charge in [0.25, 0.3) is 20.0 Å². The maximum atomic E-state index is 14.1. The molecule has 0 saturated heterocycles. The lowest BCUT2D eigenvalue weighted by atomic mass is 9.99. The fourth-order valence-electron chi connectivity index (χ4n) is 8.13. The minimum Gasteiger partial charge on any atom is -0.453 e. The molecular formula is C53H59N9O7S2. The summed E-state index contributed by atoms with van der Waals surface area (Å²) in [5, 5.41) is 18.2. The molecule has 370 valence electrons. The van der Waals surface area contributed by atoms with Gasteiger partial charge in [0.1, 0.15) is 6.10 Å². The van der Waals surface area contributed by atoms with Crippen LogP contribution in [0.3, 0.4) is 0 Å². The van der Waals surface area contributed by atoms with Gasteiger partial charge in [-0.3, -0.25) is 9.44 Å². The second-order valence-electron chi connectivity index (χ2n) is 18.9. The average Bonchev–Trinajstić information content (AvgIpc) is 3.96. The molecule has 2 aromatic heterocycles. The van der Waals surface area contributed by atoms with Crippen LogP contribution < -0.4 is 25.8 Å². The Morgan fingerprint density at radius 2 is 1.11 bits per heavy atom. The van der Waals surface area contributed by atoms with Gasteiger partial charge >= 0.3 is 5.97 Å². The molecule has 0 bridgehead atoms. The Morgan fingerprint density at radius 1 is 0.620 bits per heavy atom. The number of carbonyl (C=O) groups is 1. The summed E-state index contributed by atoms with van der Waals surface area (Å²) in [6.45, 7) is 9.89. The summed E-state index contributed by atoms with van der Waals surface area (Å²) in [6.07, 6.45) is 3.16. The maximum absolute atomic E-state index is 14.1. The number of rotatable bonds is 22. The number of nitrogens with one attached hydrogen (secondary N) is 4. The first-order valence-electron chi connectivity index (χ1n) is 23.2. The van der Waals surface area contributed by atoms with Gasteiger partial charge in [-0.2, -0.15) is 0 Å². The van der Waals surface area contributed by atoms with Gasteiger partial charge < -0.3 is 35.3 Å². The maximum Gasteiger partial charge on any atom is 0.338 e. The third-order valence-electron chi connectivity index (χ3n) is 12.4. The van der Waals surface area contributed by atoms with Gasteiger partial charge in [-0.15, -0.1) is 0 Å². The van der Waals surface area contributed by atoms with Crippen LogP contribution in [0, 0.1) is 0 Å². The SMILES string of the molecule is CC(C)(CCn1cnc2cc(C(=O)OC(CNC(C)(C)CCn3cnc4cc(N)ccc43)c3cccc(NS(=O)(=O)c4ccccc4)c3)ccc21)NCC(O)c1cccc(NS(=O)(=O)c2ccccc2)c1. The molecule has 7 N–H and O–H groups in total. The summed E-state index contributed by atoms with van der Waals surface area (Å²) >= 11 is 0.